The Morgan fingerprint density at radius 2 is 1.60 bits per heavy atom. The van der Waals surface area contributed by atoms with Crippen LogP contribution in [-0.4, -0.2) is 50.9 Å². The van der Waals surface area contributed by atoms with E-state index in [0.29, 0.717) is 27.8 Å². The second kappa shape index (κ2) is 13.9. The molecule has 0 aliphatic heterocycles. The van der Waals surface area contributed by atoms with Gasteiger partial charge in [-0.3, -0.25) is 13.9 Å². The summed E-state index contributed by atoms with van der Waals surface area (Å²) in [6.07, 6.45) is 0.713. The van der Waals surface area contributed by atoms with Crippen molar-refractivity contribution in [3.05, 3.63) is 88.4 Å². The highest BCUT2D eigenvalue weighted by molar-refractivity contribution is 7.92. The molecule has 0 aliphatic carbocycles. The fraction of sp³-hybridized carbons (Fsp3) is 0.310. The molecule has 3 aromatic carbocycles. The first-order valence-corrected chi connectivity index (χ1v) is 14.9. The van der Waals surface area contributed by atoms with Crippen molar-refractivity contribution in [2.75, 3.05) is 18.0 Å². The molecule has 0 unspecified atom stereocenters. The van der Waals surface area contributed by atoms with Crippen LogP contribution in [-0.2, 0) is 26.2 Å². The van der Waals surface area contributed by atoms with Crippen molar-refractivity contribution in [1.29, 1.82) is 0 Å². The number of nitrogens with zero attached hydrogens (tertiary/aromatic N) is 2. The highest BCUT2D eigenvalue weighted by Gasteiger charge is 2.32. The third-order valence-electron chi connectivity index (χ3n) is 6.45. The lowest BCUT2D eigenvalue weighted by Crippen LogP contribution is -2.52. The number of hydrogen-bond donors (Lipinski definition) is 1. The van der Waals surface area contributed by atoms with E-state index in [0.717, 1.165) is 4.31 Å². The molecule has 3 aromatic rings. The molecule has 1 N–H and O–H groups in total. The van der Waals surface area contributed by atoms with Crippen LogP contribution >= 0.6 is 23.2 Å². The summed E-state index contributed by atoms with van der Waals surface area (Å²) in [6, 6.07) is 18.0. The summed E-state index contributed by atoms with van der Waals surface area (Å²) in [4.78, 5) is 28.4. The zero-order valence-corrected chi connectivity index (χ0v) is 25.1. The van der Waals surface area contributed by atoms with Crippen molar-refractivity contribution in [2.24, 2.45) is 0 Å². The number of halogens is 2. The van der Waals surface area contributed by atoms with E-state index < -0.39 is 28.5 Å². The summed E-state index contributed by atoms with van der Waals surface area (Å²) in [5.74, 6) is -0.429. The Morgan fingerprint density at radius 3 is 2.17 bits per heavy atom. The first-order chi connectivity index (χ1) is 19.0. The molecule has 11 heteroatoms. The Kier molecular flexibility index (Phi) is 10.8. The van der Waals surface area contributed by atoms with E-state index in [1.165, 1.54) is 48.4 Å². The van der Waals surface area contributed by atoms with Crippen molar-refractivity contribution in [3.63, 3.8) is 0 Å². The molecule has 0 heterocycles. The highest BCUT2D eigenvalue weighted by atomic mass is 35.5. The number of rotatable bonds is 12. The zero-order valence-electron chi connectivity index (χ0n) is 22.8. The van der Waals surface area contributed by atoms with E-state index in [4.69, 9.17) is 27.9 Å². The SMILES string of the molecule is CC[C@H](C)NC(=O)[C@@H](C)N(Cc1cccc(Cl)c1)C(=O)CN(c1ccc(Cl)cc1)S(=O)(=O)c1ccc(OC)cc1. The van der Waals surface area contributed by atoms with Crippen LogP contribution in [0.1, 0.15) is 32.8 Å². The third kappa shape index (κ3) is 7.90. The van der Waals surface area contributed by atoms with Crippen LogP contribution in [0.4, 0.5) is 5.69 Å². The average molecular weight is 607 g/mol. The minimum Gasteiger partial charge on any atom is -0.497 e. The fourth-order valence-corrected chi connectivity index (χ4v) is 5.64. The van der Waals surface area contributed by atoms with Gasteiger partial charge in [0.2, 0.25) is 11.8 Å². The molecule has 0 saturated carbocycles. The summed E-state index contributed by atoms with van der Waals surface area (Å²) < 4.78 is 33.9. The Morgan fingerprint density at radius 1 is 0.950 bits per heavy atom. The van der Waals surface area contributed by atoms with E-state index >= 15 is 0 Å². The third-order valence-corrected chi connectivity index (χ3v) is 8.73. The van der Waals surface area contributed by atoms with Gasteiger partial charge in [0.05, 0.1) is 17.7 Å². The van der Waals surface area contributed by atoms with Crippen molar-refractivity contribution in [1.82, 2.24) is 10.2 Å². The molecule has 8 nitrogen and oxygen atoms in total. The second-order valence-corrected chi connectivity index (χ2v) is 12.0. The van der Waals surface area contributed by atoms with Gasteiger partial charge in [0, 0.05) is 22.6 Å². The van der Waals surface area contributed by atoms with Crippen LogP contribution in [0.3, 0.4) is 0 Å². The highest BCUT2D eigenvalue weighted by Crippen LogP contribution is 2.27. The van der Waals surface area contributed by atoms with E-state index in [-0.39, 0.29) is 29.1 Å². The summed E-state index contributed by atoms with van der Waals surface area (Å²) in [7, 11) is -2.72. The number of benzene rings is 3. The van der Waals surface area contributed by atoms with Crippen molar-refractivity contribution < 1.29 is 22.7 Å². The lowest BCUT2D eigenvalue weighted by Gasteiger charge is -2.32. The maximum atomic E-state index is 13.9. The molecule has 214 valence electrons. The first-order valence-electron chi connectivity index (χ1n) is 12.7. The molecular weight excluding hydrogens is 573 g/mol. The number of nitrogens with one attached hydrogen (secondary N) is 1. The lowest BCUT2D eigenvalue weighted by molar-refractivity contribution is -0.139. The molecule has 2 atom stereocenters. The van der Waals surface area contributed by atoms with Gasteiger partial charge >= 0.3 is 0 Å². The monoisotopic (exact) mass is 605 g/mol. The fourth-order valence-electron chi connectivity index (χ4n) is 3.89. The largest absolute Gasteiger partial charge is 0.497 e. The van der Waals surface area contributed by atoms with Gasteiger partial charge in [-0.25, -0.2) is 8.42 Å². The molecule has 0 aliphatic rings. The maximum absolute atomic E-state index is 13.9. The standard InChI is InChI=1S/C29H33Cl2N3O5S/c1-5-20(2)32-29(36)21(3)33(18-22-7-6-8-24(31)17-22)28(35)19-34(25-11-9-23(30)10-12-25)40(37,38)27-15-13-26(39-4)14-16-27/h6-17,20-21H,5,18-19H2,1-4H3,(H,32,36)/t20-,21+/m0/s1. The molecular formula is C29H33Cl2N3O5S. The lowest BCUT2D eigenvalue weighted by atomic mass is 10.1. The Hall–Kier alpha value is -3.27. The molecule has 2 amide bonds. The number of hydrogen-bond acceptors (Lipinski definition) is 5. The minimum atomic E-state index is -4.20. The second-order valence-electron chi connectivity index (χ2n) is 9.31. The predicted molar refractivity (Wildman–Crippen MR) is 158 cm³/mol. The molecule has 0 bridgehead atoms. The number of carbonyl (C=O) groups is 2. The van der Waals surface area contributed by atoms with Crippen LogP contribution < -0.4 is 14.4 Å². The van der Waals surface area contributed by atoms with Crippen LogP contribution in [0, 0.1) is 0 Å². The van der Waals surface area contributed by atoms with Gasteiger partial charge in [0.25, 0.3) is 10.0 Å². The molecule has 0 spiro atoms. The summed E-state index contributed by atoms with van der Waals surface area (Å²) in [6.45, 7) is 4.92. The van der Waals surface area contributed by atoms with Gasteiger partial charge in [-0.15, -0.1) is 0 Å². The van der Waals surface area contributed by atoms with E-state index in [1.807, 2.05) is 13.8 Å². The van der Waals surface area contributed by atoms with Gasteiger partial charge in [0.1, 0.15) is 18.3 Å². The van der Waals surface area contributed by atoms with Gasteiger partial charge < -0.3 is 15.0 Å². The molecule has 0 aromatic heterocycles. The van der Waals surface area contributed by atoms with Gasteiger partial charge in [-0.2, -0.15) is 0 Å². The van der Waals surface area contributed by atoms with Crippen LogP contribution in [0.15, 0.2) is 77.7 Å². The molecule has 40 heavy (non-hydrogen) atoms. The van der Waals surface area contributed by atoms with Crippen molar-refractivity contribution in [3.8, 4) is 5.75 Å². The first kappa shape index (κ1) is 31.3. The van der Waals surface area contributed by atoms with Gasteiger partial charge in [-0.1, -0.05) is 42.3 Å². The smallest absolute Gasteiger partial charge is 0.264 e. The van der Waals surface area contributed by atoms with Crippen LogP contribution in [0.25, 0.3) is 0 Å². The molecule has 0 radical (unpaired) electrons. The van der Waals surface area contributed by atoms with E-state index in [1.54, 1.807) is 43.3 Å². The number of ether oxygens (including phenoxy) is 1. The van der Waals surface area contributed by atoms with Gasteiger partial charge in [-0.05, 0) is 86.5 Å². The van der Waals surface area contributed by atoms with Crippen LogP contribution in [0.2, 0.25) is 10.0 Å². The predicted octanol–water partition coefficient (Wildman–Crippen LogP) is 5.53. The summed E-state index contributed by atoms with van der Waals surface area (Å²) >= 11 is 12.2. The Labute approximate surface area is 245 Å². The average Bonchev–Trinajstić information content (AvgIpc) is 2.94. The number of anilines is 1. The number of sulfonamides is 1. The zero-order chi connectivity index (χ0) is 29.4. The quantitative estimate of drug-likeness (QED) is 0.293. The summed E-state index contributed by atoms with van der Waals surface area (Å²) in [5.41, 5.74) is 0.938. The normalized spacial score (nSPS) is 12.8. The number of methoxy groups -OCH3 is 1. The Bertz CT molecular complexity index is 1420. The van der Waals surface area contributed by atoms with Gasteiger partial charge in [0.15, 0.2) is 0 Å². The minimum absolute atomic E-state index is 0.0278. The van der Waals surface area contributed by atoms with E-state index in [9.17, 15) is 18.0 Å². The summed E-state index contributed by atoms with van der Waals surface area (Å²) in [5, 5.41) is 3.79. The molecule has 0 saturated heterocycles. The number of carbonyl (C=O) groups excluding carboxylic acids is 2. The van der Waals surface area contributed by atoms with Crippen LogP contribution in [0.5, 0.6) is 5.75 Å². The van der Waals surface area contributed by atoms with Crippen molar-refractivity contribution >= 4 is 50.7 Å². The molecule has 0 fully saturated rings. The number of amides is 2. The molecule has 3 rings (SSSR count). The van der Waals surface area contributed by atoms with E-state index in [2.05, 4.69) is 5.32 Å². The Balaban J connectivity index is 2.02. The topological polar surface area (TPSA) is 96.0 Å². The maximum Gasteiger partial charge on any atom is 0.264 e. The van der Waals surface area contributed by atoms with Crippen molar-refractivity contribution in [2.45, 2.75) is 50.7 Å².